The molecule has 3 N–H and O–H groups in total. The van der Waals surface area contributed by atoms with Crippen molar-refractivity contribution in [3.63, 3.8) is 0 Å². The Morgan fingerprint density at radius 3 is 2.62 bits per heavy atom. The summed E-state index contributed by atoms with van der Waals surface area (Å²) >= 11 is 0. The molecular formula is C38H33FN6O2. The van der Waals surface area contributed by atoms with Crippen molar-refractivity contribution in [2.75, 3.05) is 0 Å². The lowest BCUT2D eigenvalue weighted by atomic mass is 9.99. The van der Waals surface area contributed by atoms with Crippen molar-refractivity contribution in [3.8, 4) is 22.4 Å². The Bertz CT molecular complexity index is 2180. The second-order valence-corrected chi connectivity index (χ2v) is 13.7. The van der Waals surface area contributed by atoms with Crippen LogP contribution in [0.5, 0.6) is 0 Å². The van der Waals surface area contributed by atoms with E-state index in [4.69, 9.17) is 9.72 Å². The summed E-state index contributed by atoms with van der Waals surface area (Å²) in [5, 5.41) is 5.63. The van der Waals surface area contributed by atoms with Crippen LogP contribution in [-0.2, 0) is 11.3 Å². The molecule has 1 amide bonds. The molecule has 4 heterocycles. The van der Waals surface area contributed by atoms with Crippen LogP contribution in [0.1, 0.15) is 55.0 Å². The Kier molecular flexibility index (Phi) is 5.91. The molecule has 2 aliphatic heterocycles. The van der Waals surface area contributed by atoms with Crippen LogP contribution in [0.2, 0.25) is 0 Å². The van der Waals surface area contributed by atoms with Crippen LogP contribution in [0.15, 0.2) is 85.1 Å². The molecule has 0 radical (unpaired) electrons. The van der Waals surface area contributed by atoms with Crippen LogP contribution in [0.3, 0.4) is 0 Å². The predicted octanol–water partition coefficient (Wildman–Crippen LogP) is 7.81. The molecule has 47 heavy (non-hydrogen) atoms. The van der Waals surface area contributed by atoms with E-state index in [9.17, 15) is 4.79 Å². The molecule has 2 saturated heterocycles. The first kappa shape index (κ1) is 27.1. The number of piperidine rings is 2. The number of aromatic amines is 2. The maximum absolute atomic E-state index is 15.5. The van der Waals surface area contributed by atoms with Gasteiger partial charge in [-0.05, 0) is 83.9 Å². The summed E-state index contributed by atoms with van der Waals surface area (Å²) in [6.07, 6.45) is 5.71. The van der Waals surface area contributed by atoms with Gasteiger partial charge in [-0.15, -0.1) is 0 Å². The van der Waals surface area contributed by atoms with Crippen molar-refractivity contribution in [2.45, 2.75) is 56.5 Å². The number of carbonyl (C=O) groups is 1. The number of hydrogen-bond acceptors (Lipinski definition) is 5. The number of fused-ring (bicyclic) bond motifs is 5. The van der Waals surface area contributed by atoms with Crippen LogP contribution in [0.25, 0.3) is 44.2 Å². The summed E-state index contributed by atoms with van der Waals surface area (Å²) in [5.41, 5.74) is 5.72. The van der Waals surface area contributed by atoms with Crippen LogP contribution < -0.4 is 5.32 Å². The Morgan fingerprint density at radius 2 is 1.77 bits per heavy atom. The largest absolute Gasteiger partial charge is 0.445 e. The third-order valence-corrected chi connectivity index (χ3v) is 10.7. The molecule has 2 aliphatic carbocycles. The monoisotopic (exact) mass is 624 g/mol. The number of benzene rings is 4. The highest BCUT2D eigenvalue weighted by atomic mass is 19.1. The van der Waals surface area contributed by atoms with E-state index in [-0.39, 0.29) is 36.6 Å². The third kappa shape index (κ3) is 4.63. The number of halogens is 1. The summed E-state index contributed by atoms with van der Waals surface area (Å²) in [5.74, 6) is 2.66. The molecular weight excluding hydrogens is 591 g/mol. The number of rotatable bonds is 6. The van der Waals surface area contributed by atoms with Gasteiger partial charge in [0.2, 0.25) is 0 Å². The topological polar surface area (TPSA) is 98.9 Å². The Hall–Kier alpha value is -5.02. The Morgan fingerprint density at radius 1 is 0.894 bits per heavy atom. The summed E-state index contributed by atoms with van der Waals surface area (Å²) in [4.78, 5) is 31.6. The SMILES string of the molecule is O=C(OCc1ccccc1)N1[C@@H]2C[C@@H]2C[C@H]1c1nc2c(ccc3cc(-c4ccc(-c5cnc([C@@H]6CC7C[C@H]7N6)[nH]5)c(F)c4)ccc32)[nH]1. The highest BCUT2D eigenvalue weighted by Gasteiger charge is 2.56. The summed E-state index contributed by atoms with van der Waals surface area (Å²) in [6, 6.07) is 26.4. The number of nitrogens with one attached hydrogen (secondary N) is 3. The zero-order valence-electron chi connectivity index (χ0n) is 25.6. The minimum absolute atomic E-state index is 0.142. The zero-order valence-corrected chi connectivity index (χ0v) is 25.6. The number of carbonyl (C=O) groups excluding carboxylic acids is 1. The van der Waals surface area contributed by atoms with Crippen LogP contribution in [0, 0.1) is 17.7 Å². The standard InChI is InChI=1S/C38H33FN6O2/c39-28-13-22(7-10-27(28)32-18-40-36(43-32)31-15-24-14-30(24)41-31)21-6-9-26-23(12-21)8-11-29-35(26)44-37(42-29)34-17-25-16-33(25)45(34)38(46)47-19-20-4-2-1-3-5-20/h1-13,18,24-25,30-31,33-34,41H,14-17,19H2,(H,40,43)(H,42,44)/t24?,25-,30-,31+,33-,34+/m1/s1. The summed E-state index contributed by atoms with van der Waals surface area (Å²) in [6.45, 7) is 0.253. The fourth-order valence-electron chi connectivity index (χ4n) is 8.01. The normalized spacial score (nSPS) is 25.7. The quantitative estimate of drug-likeness (QED) is 0.176. The molecule has 0 spiro atoms. The molecule has 4 aliphatic rings. The zero-order chi connectivity index (χ0) is 31.2. The van der Waals surface area contributed by atoms with E-state index in [1.807, 2.05) is 59.5 Å². The van der Waals surface area contributed by atoms with Crippen molar-refractivity contribution < 1.29 is 13.9 Å². The third-order valence-electron chi connectivity index (χ3n) is 10.7. The van der Waals surface area contributed by atoms with Gasteiger partial charge in [0.15, 0.2) is 0 Å². The molecule has 6 aromatic rings. The van der Waals surface area contributed by atoms with Crippen LogP contribution >= 0.6 is 0 Å². The van der Waals surface area contributed by atoms with E-state index >= 15 is 4.39 Å². The highest BCUT2D eigenvalue weighted by molar-refractivity contribution is 6.05. The van der Waals surface area contributed by atoms with Crippen LogP contribution in [-0.4, -0.2) is 43.0 Å². The van der Waals surface area contributed by atoms with Gasteiger partial charge >= 0.3 is 6.09 Å². The second kappa shape index (κ2) is 10.2. The number of H-pyrrole nitrogens is 2. The molecule has 2 saturated carbocycles. The smallest absolute Gasteiger partial charge is 0.410 e. The highest BCUT2D eigenvalue weighted by Crippen LogP contribution is 2.53. The van der Waals surface area contributed by atoms with Gasteiger partial charge in [0.1, 0.15) is 24.1 Å². The van der Waals surface area contributed by atoms with Crippen molar-refractivity contribution in [2.24, 2.45) is 11.8 Å². The van der Waals surface area contributed by atoms with Gasteiger partial charge in [-0.1, -0.05) is 54.6 Å². The average molecular weight is 625 g/mol. The number of ether oxygens (including phenoxy) is 1. The molecule has 8 nitrogen and oxygen atoms in total. The molecule has 2 aromatic heterocycles. The lowest BCUT2D eigenvalue weighted by molar-refractivity contribution is 0.0833. The summed E-state index contributed by atoms with van der Waals surface area (Å²) in [7, 11) is 0. The average Bonchev–Trinajstić information content (AvgIpc) is 3.68. The first-order valence-corrected chi connectivity index (χ1v) is 16.6. The molecule has 4 fully saturated rings. The molecule has 6 atom stereocenters. The van der Waals surface area contributed by atoms with Gasteiger partial charge in [-0.2, -0.15) is 0 Å². The van der Waals surface area contributed by atoms with Gasteiger partial charge < -0.3 is 20.0 Å². The molecule has 1 unspecified atom stereocenters. The van der Waals surface area contributed by atoms with Gasteiger partial charge in [0, 0.05) is 23.0 Å². The number of imidazole rings is 2. The van der Waals surface area contributed by atoms with Gasteiger partial charge in [-0.3, -0.25) is 4.90 Å². The molecule has 10 rings (SSSR count). The van der Waals surface area contributed by atoms with Gasteiger partial charge in [0.05, 0.1) is 35.0 Å². The number of hydrogen-bond donors (Lipinski definition) is 3. The lowest BCUT2D eigenvalue weighted by Crippen LogP contribution is -2.34. The number of likely N-dealkylation sites (tertiary alicyclic amines) is 1. The van der Waals surface area contributed by atoms with Crippen molar-refractivity contribution in [1.82, 2.24) is 30.2 Å². The first-order chi connectivity index (χ1) is 23.1. The summed E-state index contributed by atoms with van der Waals surface area (Å²) < 4.78 is 21.2. The minimum Gasteiger partial charge on any atom is -0.445 e. The number of nitrogens with zero attached hydrogens (tertiary/aromatic N) is 3. The lowest BCUT2D eigenvalue weighted by Gasteiger charge is -2.25. The van der Waals surface area contributed by atoms with E-state index in [2.05, 4.69) is 38.5 Å². The number of amides is 1. The van der Waals surface area contributed by atoms with E-state index in [0.717, 1.165) is 75.3 Å². The fraction of sp³-hybridized carbons (Fsp3) is 0.289. The number of aromatic nitrogens is 4. The minimum atomic E-state index is -0.285. The maximum Gasteiger partial charge on any atom is 0.410 e. The molecule has 234 valence electrons. The molecule has 4 aromatic carbocycles. The van der Waals surface area contributed by atoms with E-state index in [1.54, 1.807) is 12.3 Å². The van der Waals surface area contributed by atoms with E-state index in [1.165, 1.54) is 6.42 Å². The second-order valence-electron chi connectivity index (χ2n) is 13.7. The van der Waals surface area contributed by atoms with Gasteiger partial charge in [0.25, 0.3) is 0 Å². The van der Waals surface area contributed by atoms with Gasteiger partial charge in [-0.25, -0.2) is 19.2 Å². The fourth-order valence-corrected chi connectivity index (χ4v) is 8.01. The van der Waals surface area contributed by atoms with Crippen LogP contribution in [0.4, 0.5) is 9.18 Å². The first-order valence-electron chi connectivity index (χ1n) is 16.6. The Labute approximate surface area is 270 Å². The van der Waals surface area contributed by atoms with E-state index in [0.29, 0.717) is 23.2 Å². The molecule has 0 bridgehead atoms. The molecule has 9 heteroatoms. The van der Waals surface area contributed by atoms with Crippen molar-refractivity contribution in [3.05, 3.63) is 108 Å². The maximum atomic E-state index is 15.5. The van der Waals surface area contributed by atoms with Crippen molar-refractivity contribution in [1.29, 1.82) is 0 Å². The van der Waals surface area contributed by atoms with E-state index < -0.39 is 0 Å². The predicted molar refractivity (Wildman–Crippen MR) is 177 cm³/mol. The Balaban J connectivity index is 0.901. The van der Waals surface area contributed by atoms with Crippen molar-refractivity contribution >= 4 is 27.9 Å².